The van der Waals surface area contributed by atoms with Gasteiger partial charge in [-0.3, -0.25) is 4.79 Å². The van der Waals surface area contributed by atoms with Crippen LogP contribution < -0.4 is 0 Å². The number of hydrogen-bond acceptors (Lipinski definition) is 23. The molecule has 0 spiro atoms. The van der Waals surface area contributed by atoms with Crippen LogP contribution in [-0.2, 0) is 57.0 Å². The second-order valence-electron chi connectivity index (χ2n) is 26.4. The topological polar surface area (TPSA) is 357 Å². The molecule has 23 heteroatoms. The average molecular weight is 1160 g/mol. The number of aliphatic hydroxyl groups is 11. The minimum Gasteiger partial charge on any atom is -0.464 e. The van der Waals surface area contributed by atoms with Crippen molar-refractivity contribution in [2.24, 2.45) is 50.2 Å². The van der Waals surface area contributed by atoms with Crippen molar-refractivity contribution in [3.05, 3.63) is 23.3 Å². The maximum atomic E-state index is 14.0. The highest BCUT2D eigenvalue weighted by molar-refractivity contribution is 5.88. The first kappa shape index (κ1) is 64.2. The van der Waals surface area contributed by atoms with Gasteiger partial charge in [-0.15, -0.1) is 0 Å². The van der Waals surface area contributed by atoms with Crippen molar-refractivity contribution < 1.29 is 113 Å². The lowest BCUT2D eigenvalue weighted by atomic mass is 9.32. The first-order chi connectivity index (χ1) is 37.9. The lowest BCUT2D eigenvalue weighted by Crippen LogP contribution is -2.76. The largest absolute Gasteiger partial charge is 0.464 e. The van der Waals surface area contributed by atoms with Crippen molar-refractivity contribution in [3.8, 4) is 0 Å². The Bertz CT molecular complexity index is 2330. The Balaban J connectivity index is 1.15. The van der Waals surface area contributed by atoms with Gasteiger partial charge >= 0.3 is 17.9 Å². The predicted octanol–water partition coefficient (Wildman–Crippen LogP) is 0.575. The summed E-state index contributed by atoms with van der Waals surface area (Å²) in [6.07, 6.45) is -23.2. The minimum absolute atomic E-state index is 0.0374. The molecule has 0 aromatic carbocycles. The van der Waals surface area contributed by atoms with Crippen molar-refractivity contribution in [2.75, 3.05) is 26.4 Å². The van der Waals surface area contributed by atoms with Gasteiger partial charge in [-0.2, -0.15) is 0 Å². The van der Waals surface area contributed by atoms with Gasteiger partial charge in [0.15, 0.2) is 31.1 Å². The fraction of sp³-hybridized carbons (Fsp3) is 0.879. The van der Waals surface area contributed by atoms with Gasteiger partial charge in [-0.1, -0.05) is 79.5 Å². The Kier molecular flexibility index (Phi) is 18.9. The molecule has 0 radical (unpaired) electrons. The van der Waals surface area contributed by atoms with E-state index in [-0.39, 0.29) is 24.0 Å². The number of hydrogen-bond donors (Lipinski definition) is 11. The Morgan fingerprint density at radius 3 is 1.88 bits per heavy atom. The van der Waals surface area contributed by atoms with Crippen molar-refractivity contribution in [2.45, 2.75) is 244 Å². The number of allylic oxidation sites excluding steroid dienone is 2. The summed E-state index contributed by atoms with van der Waals surface area (Å²) in [7, 11) is 0. The summed E-state index contributed by atoms with van der Waals surface area (Å²) < 4.78 is 55.2. The van der Waals surface area contributed by atoms with Gasteiger partial charge < -0.3 is 98.8 Å². The number of esters is 3. The summed E-state index contributed by atoms with van der Waals surface area (Å²) in [6, 6.07) is 0. The fourth-order valence-corrected chi connectivity index (χ4v) is 16.5. The highest BCUT2D eigenvalue weighted by Gasteiger charge is 2.76. The van der Waals surface area contributed by atoms with E-state index in [0.29, 0.717) is 51.4 Å². The normalized spacial score (nSPS) is 48.3. The first-order valence-corrected chi connectivity index (χ1v) is 29.0. The molecule has 3 heterocycles. The molecule has 3 aliphatic heterocycles. The summed E-state index contributed by atoms with van der Waals surface area (Å²) in [5, 5.41) is 124. The second-order valence-corrected chi connectivity index (χ2v) is 26.4. The van der Waals surface area contributed by atoms with Gasteiger partial charge in [-0.25, -0.2) is 9.59 Å². The lowest BCUT2D eigenvalue weighted by molar-refractivity contribution is -0.386. The summed E-state index contributed by atoms with van der Waals surface area (Å²) in [6.45, 7) is 18.4. The van der Waals surface area contributed by atoms with Crippen molar-refractivity contribution in [3.63, 3.8) is 0 Å². The quantitative estimate of drug-likeness (QED) is 0.0251. The molecule has 26 atom stereocenters. The van der Waals surface area contributed by atoms with E-state index < -0.39 is 193 Å². The molecule has 0 aromatic heterocycles. The zero-order chi connectivity index (χ0) is 59.9. The molecular weight excluding hydrogens is 1060 g/mol. The van der Waals surface area contributed by atoms with Crippen LogP contribution in [0.5, 0.6) is 0 Å². The molecule has 8 rings (SSSR count). The van der Waals surface area contributed by atoms with Crippen LogP contribution in [0.4, 0.5) is 0 Å². The predicted molar refractivity (Wildman–Crippen MR) is 281 cm³/mol. The van der Waals surface area contributed by atoms with Crippen LogP contribution in [0.2, 0.25) is 0 Å². The smallest absolute Gasteiger partial charge is 0.338 e. The molecule has 4 saturated carbocycles. The molecule has 11 N–H and O–H groups in total. The molecule has 81 heavy (non-hydrogen) atoms. The van der Waals surface area contributed by atoms with Crippen LogP contribution in [0.25, 0.3) is 0 Å². The summed E-state index contributed by atoms with van der Waals surface area (Å²) in [5.41, 5.74) is -4.48. The molecule has 462 valence electrons. The zero-order valence-electron chi connectivity index (χ0n) is 48.7. The van der Waals surface area contributed by atoms with Crippen molar-refractivity contribution >= 4 is 17.9 Å². The number of aliphatic hydroxyl groups excluding tert-OH is 11. The number of carbonyl (C=O) groups excluding carboxylic acids is 3. The van der Waals surface area contributed by atoms with Crippen LogP contribution in [0.3, 0.4) is 0 Å². The molecule has 23 nitrogen and oxygen atoms in total. The molecular formula is C58H92O23. The van der Waals surface area contributed by atoms with Crippen molar-refractivity contribution in [1.82, 2.24) is 0 Å². The maximum absolute atomic E-state index is 14.0. The maximum Gasteiger partial charge on any atom is 0.338 e. The number of ether oxygens (including phenoxy) is 9. The number of carbonyl (C=O) groups is 3. The van der Waals surface area contributed by atoms with Crippen LogP contribution in [-0.4, -0.2) is 217 Å². The zero-order valence-corrected chi connectivity index (χ0v) is 48.7. The van der Waals surface area contributed by atoms with Crippen molar-refractivity contribution in [1.29, 1.82) is 0 Å². The highest BCUT2D eigenvalue weighted by Crippen LogP contribution is 2.76. The molecule has 8 aliphatic rings. The minimum atomic E-state index is -1.99. The van der Waals surface area contributed by atoms with Gasteiger partial charge in [0, 0.05) is 23.3 Å². The van der Waals surface area contributed by atoms with E-state index in [9.17, 15) is 70.6 Å². The summed E-state index contributed by atoms with van der Waals surface area (Å²) >= 11 is 0. The van der Waals surface area contributed by atoms with E-state index in [1.165, 1.54) is 6.92 Å². The Morgan fingerprint density at radius 2 is 1.30 bits per heavy atom. The standard InChI is InChI=1S/C58H92O23/c1-12-14-21-73-49(72)42-40(68)41(78-50-38(66)36(64)31(24-60)76-50)43(80-51-39(67)37(65)35(63)30(23-59)75-51)52(79-42)77-34-18-19-55(9)32(54(34,7)8)17-20-56(10)33(55)16-15-28-29-22-53(5,6)46(74-27(4)62)47(81-48(71)26(3)13-2)58(29,25-61)45(70)44(69)57(28,56)11/h13,15,29-47,50-52,59-61,63-70H,12,14,16-25H2,1-11H3/b26-13-/t29?,30?,31-,32?,33?,34-,35-,36?,37+,38-,39?,40-,41+,42?,43?,44-,45+,46-,47-,50-,51-,52+,55-,56+,57-,58-/m0/s1. The Morgan fingerprint density at radius 1 is 0.691 bits per heavy atom. The Labute approximate surface area is 473 Å². The molecule has 7 fully saturated rings. The van der Waals surface area contributed by atoms with E-state index in [1.807, 2.05) is 27.7 Å². The SMILES string of the molecule is C/C=C(/C)C(=O)O[C@H]1[C@H](OC(C)=O)C(C)(C)CC2C3=CCC4[C@@]5(C)CC[C@H](O[C@@H]6OC(C(=O)OCCCC)[C@@H](O)[C@@H](O[C@@H]7O[C@@H](CO)C(O)[C@@H]7O)C6O[C@@H]6OC(CO)[C@H](O)[C@@H](O)C6O)C(C)(C)C5CC[C@@]4(C)[C@]3(C)[C@@H](O)[C@@H](O)[C@]21CO. The third-order valence-electron chi connectivity index (χ3n) is 21.4. The summed E-state index contributed by atoms with van der Waals surface area (Å²) in [5.74, 6) is -3.24. The second kappa shape index (κ2) is 23.8. The van der Waals surface area contributed by atoms with Gasteiger partial charge in [0.25, 0.3) is 0 Å². The van der Waals surface area contributed by atoms with E-state index >= 15 is 0 Å². The molecule has 0 bridgehead atoms. The van der Waals surface area contributed by atoms with Crippen LogP contribution in [0.15, 0.2) is 23.3 Å². The lowest BCUT2D eigenvalue weighted by Gasteiger charge is -2.73. The fourth-order valence-electron chi connectivity index (χ4n) is 16.5. The van der Waals surface area contributed by atoms with E-state index in [2.05, 4.69) is 33.8 Å². The van der Waals surface area contributed by atoms with Gasteiger partial charge in [0.2, 0.25) is 0 Å². The molecule has 3 saturated heterocycles. The van der Waals surface area contributed by atoms with E-state index in [1.54, 1.807) is 19.9 Å². The van der Waals surface area contributed by atoms with Crippen LogP contribution in [0.1, 0.15) is 128 Å². The molecule has 8 unspecified atom stereocenters. The molecule has 5 aliphatic carbocycles. The number of rotatable bonds is 16. The van der Waals surface area contributed by atoms with Crippen LogP contribution >= 0.6 is 0 Å². The average Bonchev–Trinajstić information content (AvgIpc) is 1.13. The third kappa shape index (κ3) is 10.5. The van der Waals surface area contributed by atoms with Gasteiger partial charge in [0.1, 0.15) is 67.1 Å². The number of fused-ring (bicyclic) bond motifs is 7. The summed E-state index contributed by atoms with van der Waals surface area (Å²) in [4.78, 5) is 40.4. The molecule has 0 aromatic rings. The van der Waals surface area contributed by atoms with Gasteiger partial charge in [-0.05, 0) is 92.8 Å². The van der Waals surface area contributed by atoms with E-state index in [4.69, 9.17) is 42.6 Å². The first-order valence-electron chi connectivity index (χ1n) is 29.0. The van der Waals surface area contributed by atoms with Gasteiger partial charge in [0.05, 0.1) is 50.2 Å². The van der Waals surface area contributed by atoms with Crippen LogP contribution in [0, 0.1) is 50.2 Å². The monoisotopic (exact) mass is 1160 g/mol. The molecule has 0 amide bonds. The Hall–Kier alpha value is -2.79. The van der Waals surface area contributed by atoms with E-state index in [0.717, 1.165) is 5.57 Å². The third-order valence-corrected chi connectivity index (χ3v) is 21.4. The number of unbranched alkanes of at least 4 members (excludes halogenated alkanes) is 1. The highest BCUT2D eigenvalue weighted by atomic mass is 16.8.